The molecule has 1 unspecified atom stereocenters. The average molecular weight is 212 g/mol. The molecular formula is C12H24N2O. The van der Waals surface area contributed by atoms with Crippen LogP contribution in [0.25, 0.3) is 0 Å². The van der Waals surface area contributed by atoms with Gasteiger partial charge in [-0.1, -0.05) is 26.7 Å². The van der Waals surface area contributed by atoms with Gasteiger partial charge in [-0.25, -0.2) is 0 Å². The number of hydrogen-bond acceptors (Lipinski definition) is 2. The zero-order valence-corrected chi connectivity index (χ0v) is 9.96. The normalized spacial score (nSPS) is 28.5. The van der Waals surface area contributed by atoms with E-state index in [4.69, 9.17) is 5.73 Å². The third-order valence-corrected chi connectivity index (χ3v) is 3.50. The molecule has 0 radical (unpaired) electrons. The van der Waals surface area contributed by atoms with Crippen LogP contribution in [-0.2, 0) is 4.79 Å². The van der Waals surface area contributed by atoms with E-state index in [2.05, 4.69) is 12.2 Å². The molecule has 88 valence electrons. The molecule has 0 bridgehead atoms. The Kier molecular flexibility index (Phi) is 5.09. The molecule has 0 spiro atoms. The molecule has 1 amide bonds. The van der Waals surface area contributed by atoms with Crippen molar-refractivity contribution in [2.75, 3.05) is 13.1 Å². The number of hydrogen-bond donors (Lipinski definition) is 2. The standard InChI is InChI=1S/C12H24N2O/c1-9-3-5-11(6-4-9)8-14-12(15)10(2)7-13/h9-11H,3-8,13H2,1-2H3,(H,14,15). The van der Waals surface area contributed by atoms with Crippen molar-refractivity contribution >= 4 is 5.91 Å². The van der Waals surface area contributed by atoms with Crippen LogP contribution in [0.3, 0.4) is 0 Å². The van der Waals surface area contributed by atoms with Crippen molar-refractivity contribution in [3.8, 4) is 0 Å². The average Bonchev–Trinajstić information content (AvgIpc) is 2.26. The van der Waals surface area contributed by atoms with E-state index in [0.29, 0.717) is 12.5 Å². The molecular weight excluding hydrogens is 188 g/mol. The second kappa shape index (κ2) is 6.11. The van der Waals surface area contributed by atoms with E-state index in [9.17, 15) is 4.79 Å². The largest absolute Gasteiger partial charge is 0.356 e. The lowest BCUT2D eigenvalue weighted by Crippen LogP contribution is -2.37. The van der Waals surface area contributed by atoms with Gasteiger partial charge < -0.3 is 11.1 Å². The van der Waals surface area contributed by atoms with Gasteiger partial charge in [-0.15, -0.1) is 0 Å². The lowest BCUT2D eigenvalue weighted by atomic mass is 9.83. The third-order valence-electron chi connectivity index (χ3n) is 3.50. The maximum atomic E-state index is 11.5. The monoisotopic (exact) mass is 212 g/mol. The van der Waals surface area contributed by atoms with Crippen LogP contribution in [0.15, 0.2) is 0 Å². The van der Waals surface area contributed by atoms with Gasteiger partial charge in [0.05, 0.1) is 0 Å². The van der Waals surface area contributed by atoms with Crippen molar-refractivity contribution in [3.63, 3.8) is 0 Å². The van der Waals surface area contributed by atoms with Gasteiger partial charge in [-0.2, -0.15) is 0 Å². The summed E-state index contributed by atoms with van der Waals surface area (Å²) in [5, 5.41) is 3.00. The first-order valence-electron chi connectivity index (χ1n) is 6.11. The Labute approximate surface area is 92.8 Å². The molecule has 3 nitrogen and oxygen atoms in total. The highest BCUT2D eigenvalue weighted by Crippen LogP contribution is 2.27. The Bertz CT molecular complexity index is 198. The maximum absolute atomic E-state index is 11.5. The van der Waals surface area contributed by atoms with E-state index in [0.717, 1.165) is 12.5 Å². The van der Waals surface area contributed by atoms with Crippen LogP contribution in [0, 0.1) is 17.8 Å². The second-order valence-electron chi connectivity index (χ2n) is 5.01. The summed E-state index contributed by atoms with van der Waals surface area (Å²) < 4.78 is 0. The van der Waals surface area contributed by atoms with Gasteiger partial charge >= 0.3 is 0 Å². The first-order chi connectivity index (χ1) is 7.13. The predicted molar refractivity (Wildman–Crippen MR) is 62.4 cm³/mol. The number of amides is 1. The molecule has 0 saturated heterocycles. The van der Waals surface area contributed by atoms with Gasteiger partial charge in [-0.05, 0) is 24.7 Å². The number of carbonyl (C=O) groups is 1. The Hall–Kier alpha value is -0.570. The van der Waals surface area contributed by atoms with Crippen LogP contribution >= 0.6 is 0 Å². The van der Waals surface area contributed by atoms with E-state index in [1.807, 2.05) is 6.92 Å². The number of carbonyl (C=O) groups excluding carboxylic acids is 1. The van der Waals surface area contributed by atoms with Crippen LogP contribution in [-0.4, -0.2) is 19.0 Å². The van der Waals surface area contributed by atoms with Crippen LogP contribution in [0.2, 0.25) is 0 Å². The predicted octanol–water partition coefficient (Wildman–Crippen LogP) is 1.52. The van der Waals surface area contributed by atoms with Crippen molar-refractivity contribution in [1.82, 2.24) is 5.32 Å². The minimum atomic E-state index is -0.0486. The molecule has 1 fully saturated rings. The maximum Gasteiger partial charge on any atom is 0.224 e. The molecule has 0 aromatic rings. The topological polar surface area (TPSA) is 55.1 Å². The Morgan fingerprint density at radius 3 is 2.53 bits per heavy atom. The number of nitrogens with two attached hydrogens (primary N) is 1. The fraction of sp³-hybridized carbons (Fsp3) is 0.917. The van der Waals surface area contributed by atoms with E-state index < -0.39 is 0 Å². The molecule has 1 atom stereocenters. The zero-order valence-electron chi connectivity index (χ0n) is 9.96. The summed E-state index contributed by atoms with van der Waals surface area (Å²) in [6.45, 7) is 5.47. The number of nitrogens with one attached hydrogen (secondary N) is 1. The first kappa shape index (κ1) is 12.5. The quantitative estimate of drug-likeness (QED) is 0.742. The van der Waals surface area contributed by atoms with E-state index >= 15 is 0 Å². The molecule has 1 aliphatic carbocycles. The molecule has 1 rings (SSSR count). The van der Waals surface area contributed by atoms with Crippen LogP contribution in [0.5, 0.6) is 0 Å². The molecule has 0 aliphatic heterocycles. The summed E-state index contributed by atoms with van der Waals surface area (Å²) in [5.41, 5.74) is 5.44. The van der Waals surface area contributed by atoms with E-state index in [1.165, 1.54) is 25.7 Å². The molecule has 0 aromatic carbocycles. The minimum absolute atomic E-state index is 0.0486. The summed E-state index contributed by atoms with van der Waals surface area (Å²) in [6.07, 6.45) is 5.15. The Morgan fingerprint density at radius 2 is 2.00 bits per heavy atom. The fourth-order valence-electron chi connectivity index (χ4n) is 2.06. The van der Waals surface area contributed by atoms with Crippen molar-refractivity contribution in [2.24, 2.45) is 23.5 Å². The summed E-state index contributed by atoms with van der Waals surface area (Å²) in [7, 11) is 0. The zero-order chi connectivity index (χ0) is 11.3. The highest BCUT2D eigenvalue weighted by Gasteiger charge is 2.19. The van der Waals surface area contributed by atoms with E-state index in [1.54, 1.807) is 0 Å². The lowest BCUT2D eigenvalue weighted by molar-refractivity contribution is -0.124. The lowest BCUT2D eigenvalue weighted by Gasteiger charge is -2.26. The number of rotatable bonds is 4. The Morgan fingerprint density at radius 1 is 1.40 bits per heavy atom. The van der Waals surface area contributed by atoms with Crippen molar-refractivity contribution in [3.05, 3.63) is 0 Å². The molecule has 3 heteroatoms. The second-order valence-corrected chi connectivity index (χ2v) is 5.01. The van der Waals surface area contributed by atoms with E-state index in [-0.39, 0.29) is 11.8 Å². The van der Waals surface area contributed by atoms with Crippen molar-refractivity contribution in [2.45, 2.75) is 39.5 Å². The van der Waals surface area contributed by atoms with Crippen molar-refractivity contribution < 1.29 is 4.79 Å². The highest BCUT2D eigenvalue weighted by atomic mass is 16.1. The van der Waals surface area contributed by atoms with Gasteiger partial charge in [0.25, 0.3) is 0 Å². The summed E-state index contributed by atoms with van der Waals surface area (Å²) in [4.78, 5) is 11.5. The van der Waals surface area contributed by atoms with Gasteiger partial charge in [-0.3, -0.25) is 4.79 Å². The SMILES string of the molecule is CC1CCC(CNC(=O)C(C)CN)CC1. The molecule has 1 saturated carbocycles. The van der Waals surface area contributed by atoms with Crippen LogP contribution in [0.1, 0.15) is 39.5 Å². The summed E-state index contributed by atoms with van der Waals surface area (Å²) in [6, 6.07) is 0. The van der Waals surface area contributed by atoms with Gasteiger partial charge in [0.15, 0.2) is 0 Å². The summed E-state index contributed by atoms with van der Waals surface area (Å²) in [5.74, 6) is 1.62. The third kappa shape index (κ3) is 4.20. The summed E-state index contributed by atoms with van der Waals surface area (Å²) >= 11 is 0. The van der Waals surface area contributed by atoms with Crippen LogP contribution in [0.4, 0.5) is 0 Å². The minimum Gasteiger partial charge on any atom is -0.356 e. The van der Waals surface area contributed by atoms with Gasteiger partial charge in [0, 0.05) is 19.0 Å². The van der Waals surface area contributed by atoms with Crippen molar-refractivity contribution in [1.29, 1.82) is 0 Å². The Balaban J connectivity index is 2.17. The molecule has 0 heterocycles. The molecule has 0 aromatic heterocycles. The van der Waals surface area contributed by atoms with Gasteiger partial charge in [0.1, 0.15) is 0 Å². The highest BCUT2D eigenvalue weighted by molar-refractivity contribution is 5.78. The smallest absolute Gasteiger partial charge is 0.224 e. The molecule has 15 heavy (non-hydrogen) atoms. The molecule has 3 N–H and O–H groups in total. The van der Waals surface area contributed by atoms with Gasteiger partial charge in [0.2, 0.25) is 5.91 Å². The fourth-order valence-corrected chi connectivity index (χ4v) is 2.06. The molecule has 1 aliphatic rings. The van der Waals surface area contributed by atoms with Crippen LogP contribution < -0.4 is 11.1 Å². The first-order valence-corrected chi connectivity index (χ1v) is 6.11.